The van der Waals surface area contributed by atoms with Gasteiger partial charge in [-0.2, -0.15) is 5.10 Å². The highest BCUT2D eigenvalue weighted by molar-refractivity contribution is 5.25. The highest BCUT2D eigenvalue weighted by Gasteiger charge is 2.53. The van der Waals surface area contributed by atoms with E-state index in [-0.39, 0.29) is 5.54 Å². The average molecular weight is 354 g/mol. The molecule has 4 heterocycles. The van der Waals surface area contributed by atoms with Gasteiger partial charge in [0.2, 0.25) is 0 Å². The number of hydrogen-bond acceptors (Lipinski definition) is 4. The first-order chi connectivity index (χ1) is 12.4. The van der Waals surface area contributed by atoms with Crippen LogP contribution in [-0.4, -0.2) is 39.4 Å². The van der Waals surface area contributed by atoms with Crippen molar-refractivity contribution in [3.05, 3.63) is 47.5 Å². The van der Waals surface area contributed by atoms with Crippen molar-refractivity contribution < 1.29 is 4.74 Å². The summed E-state index contributed by atoms with van der Waals surface area (Å²) in [4.78, 5) is 7.06. The SMILES string of the molecule is Cc1ncccc1CN1CC2(CCOCC2)C1c1cnn(C(C)(C)C)c1. The second-order valence-electron chi connectivity index (χ2n) is 8.92. The van der Waals surface area contributed by atoms with Gasteiger partial charge in [0.1, 0.15) is 0 Å². The molecule has 140 valence electrons. The van der Waals surface area contributed by atoms with E-state index < -0.39 is 0 Å². The molecule has 2 aliphatic heterocycles. The summed E-state index contributed by atoms with van der Waals surface area (Å²) in [6.45, 7) is 12.5. The summed E-state index contributed by atoms with van der Waals surface area (Å²) in [5.41, 5.74) is 4.14. The van der Waals surface area contributed by atoms with Crippen LogP contribution in [0.1, 0.15) is 56.5 Å². The lowest BCUT2D eigenvalue weighted by atomic mass is 9.64. The topological polar surface area (TPSA) is 43.2 Å². The molecular formula is C21H30N4O. The maximum atomic E-state index is 5.67. The summed E-state index contributed by atoms with van der Waals surface area (Å²) in [6, 6.07) is 4.66. The monoisotopic (exact) mass is 354 g/mol. The summed E-state index contributed by atoms with van der Waals surface area (Å²) in [5, 5.41) is 4.67. The van der Waals surface area contributed by atoms with Crippen LogP contribution < -0.4 is 0 Å². The number of likely N-dealkylation sites (tertiary alicyclic amines) is 1. The maximum absolute atomic E-state index is 5.67. The minimum absolute atomic E-state index is 0.00953. The highest BCUT2D eigenvalue weighted by Crippen LogP contribution is 2.55. The van der Waals surface area contributed by atoms with Crippen LogP contribution >= 0.6 is 0 Å². The Morgan fingerprint density at radius 3 is 2.69 bits per heavy atom. The fourth-order valence-corrected chi connectivity index (χ4v) is 4.53. The molecule has 5 heteroatoms. The van der Waals surface area contributed by atoms with E-state index in [4.69, 9.17) is 4.74 Å². The van der Waals surface area contributed by atoms with Crippen molar-refractivity contribution >= 4 is 0 Å². The van der Waals surface area contributed by atoms with E-state index in [1.54, 1.807) is 0 Å². The number of aryl methyl sites for hydroxylation is 1. The van der Waals surface area contributed by atoms with E-state index in [1.807, 2.05) is 12.3 Å². The summed E-state index contributed by atoms with van der Waals surface area (Å²) < 4.78 is 7.77. The van der Waals surface area contributed by atoms with Gasteiger partial charge < -0.3 is 4.74 Å². The van der Waals surface area contributed by atoms with Crippen LogP contribution in [0.25, 0.3) is 0 Å². The van der Waals surface area contributed by atoms with E-state index in [9.17, 15) is 0 Å². The van der Waals surface area contributed by atoms with Crippen molar-refractivity contribution in [1.82, 2.24) is 19.7 Å². The van der Waals surface area contributed by atoms with Gasteiger partial charge in [-0.15, -0.1) is 0 Å². The van der Waals surface area contributed by atoms with E-state index >= 15 is 0 Å². The Balaban J connectivity index is 1.63. The quantitative estimate of drug-likeness (QED) is 0.843. The fraction of sp³-hybridized carbons (Fsp3) is 0.619. The molecule has 5 nitrogen and oxygen atoms in total. The molecular weight excluding hydrogens is 324 g/mol. The molecule has 0 bridgehead atoms. The first-order valence-corrected chi connectivity index (χ1v) is 9.66. The van der Waals surface area contributed by atoms with Gasteiger partial charge in [0, 0.05) is 61.4 Å². The van der Waals surface area contributed by atoms with Crippen molar-refractivity contribution in [2.24, 2.45) is 5.41 Å². The minimum Gasteiger partial charge on any atom is -0.381 e. The molecule has 1 atom stereocenters. The van der Waals surface area contributed by atoms with Crippen molar-refractivity contribution in [3.63, 3.8) is 0 Å². The van der Waals surface area contributed by atoms with Gasteiger partial charge in [-0.1, -0.05) is 6.07 Å². The number of pyridine rings is 1. The Morgan fingerprint density at radius 2 is 2.04 bits per heavy atom. The molecule has 2 aromatic rings. The molecule has 26 heavy (non-hydrogen) atoms. The highest BCUT2D eigenvalue weighted by atomic mass is 16.5. The predicted molar refractivity (Wildman–Crippen MR) is 102 cm³/mol. The molecule has 2 fully saturated rings. The van der Waals surface area contributed by atoms with Crippen LogP contribution in [0.2, 0.25) is 0 Å². The lowest BCUT2D eigenvalue weighted by molar-refractivity contribution is -0.139. The zero-order chi connectivity index (χ0) is 18.4. The van der Waals surface area contributed by atoms with Crippen LogP contribution in [0.3, 0.4) is 0 Å². The van der Waals surface area contributed by atoms with Crippen molar-refractivity contribution in [2.75, 3.05) is 19.8 Å². The summed E-state index contributed by atoms with van der Waals surface area (Å²) >= 11 is 0. The Morgan fingerprint density at radius 1 is 1.27 bits per heavy atom. The number of aromatic nitrogens is 3. The van der Waals surface area contributed by atoms with Gasteiger partial charge in [0.15, 0.2) is 0 Å². The summed E-state index contributed by atoms with van der Waals surface area (Å²) in [7, 11) is 0. The second kappa shape index (κ2) is 6.46. The van der Waals surface area contributed by atoms with E-state index in [1.165, 1.54) is 11.1 Å². The molecule has 0 saturated carbocycles. The standard InChI is InChI=1S/C21H30N4O/c1-16-17(6-5-9-22-16)13-24-15-21(7-10-26-11-8-21)19(24)18-12-23-25(14-18)20(2,3)4/h5-6,9,12,14,19H,7-8,10-11,13,15H2,1-4H3. The Hall–Kier alpha value is -1.72. The number of hydrogen-bond donors (Lipinski definition) is 0. The molecule has 1 spiro atoms. The summed E-state index contributed by atoms with van der Waals surface area (Å²) in [6.07, 6.45) is 8.49. The number of ether oxygens (including phenoxy) is 1. The molecule has 1 unspecified atom stereocenters. The van der Waals surface area contributed by atoms with Crippen LogP contribution in [0, 0.1) is 12.3 Å². The van der Waals surface area contributed by atoms with Crippen molar-refractivity contribution in [2.45, 2.75) is 58.7 Å². The minimum atomic E-state index is 0.00953. The third-order valence-electron chi connectivity index (χ3n) is 6.05. The van der Waals surface area contributed by atoms with Crippen LogP contribution in [0.5, 0.6) is 0 Å². The smallest absolute Gasteiger partial charge is 0.0543 e. The Labute approximate surface area is 156 Å². The number of nitrogens with zero attached hydrogens (tertiary/aromatic N) is 4. The molecule has 0 aliphatic carbocycles. The van der Waals surface area contributed by atoms with Gasteiger partial charge in [-0.25, -0.2) is 0 Å². The number of rotatable bonds is 3. The first kappa shape index (κ1) is 17.7. The zero-order valence-electron chi connectivity index (χ0n) is 16.4. The van der Waals surface area contributed by atoms with Crippen molar-refractivity contribution in [1.29, 1.82) is 0 Å². The second-order valence-corrected chi connectivity index (χ2v) is 8.92. The molecule has 4 rings (SSSR count). The van der Waals surface area contributed by atoms with Crippen LogP contribution in [-0.2, 0) is 16.8 Å². The van der Waals surface area contributed by atoms with Gasteiger partial charge >= 0.3 is 0 Å². The molecule has 0 aromatic carbocycles. The lowest BCUT2D eigenvalue weighted by Crippen LogP contribution is -2.59. The van der Waals surface area contributed by atoms with Crippen LogP contribution in [0.15, 0.2) is 30.7 Å². The third kappa shape index (κ3) is 3.08. The van der Waals surface area contributed by atoms with E-state index in [0.29, 0.717) is 11.5 Å². The molecule has 2 aliphatic rings. The molecule has 0 N–H and O–H groups in total. The van der Waals surface area contributed by atoms with Crippen molar-refractivity contribution in [3.8, 4) is 0 Å². The molecule has 0 radical (unpaired) electrons. The Bertz CT molecular complexity index is 770. The van der Waals surface area contributed by atoms with E-state index in [0.717, 1.165) is 44.8 Å². The van der Waals surface area contributed by atoms with Gasteiger partial charge in [-0.3, -0.25) is 14.6 Å². The normalized spacial score (nSPS) is 23.2. The maximum Gasteiger partial charge on any atom is 0.0543 e. The average Bonchev–Trinajstić information content (AvgIpc) is 3.06. The van der Waals surface area contributed by atoms with Gasteiger partial charge in [0.05, 0.1) is 11.7 Å². The fourth-order valence-electron chi connectivity index (χ4n) is 4.53. The lowest BCUT2D eigenvalue weighted by Gasteiger charge is -2.59. The van der Waals surface area contributed by atoms with Gasteiger partial charge in [0.25, 0.3) is 0 Å². The van der Waals surface area contributed by atoms with E-state index in [2.05, 4.69) is 65.8 Å². The largest absolute Gasteiger partial charge is 0.381 e. The van der Waals surface area contributed by atoms with Gasteiger partial charge in [-0.05, 0) is 52.2 Å². The molecule has 2 saturated heterocycles. The Kier molecular flexibility index (Phi) is 4.40. The molecule has 2 aromatic heterocycles. The first-order valence-electron chi connectivity index (χ1n) is 9.66. The molecule has 0 amide bonds. The third-order valence-corrected chi connectivity index (χ3v) is 6.05. The predicted octanol–water partition coefficient (Wildman–Crippen LogP) is 3.70. The van der Waals surface area contributed by atoms with Crippen LogP contribution in [0.4, 0.5) is 0 Å². The summed E-state index contributed by atoms with van der Waals surface area (Å²) in [5.74, 6) is 0. The zero-order valence-corrected chi connectivity index (χ0v) is 16.4.